The summed E-state index contributed by atoms with van der Waals surface area (Å²) in [6, 6.07) is 15.2. The van der Waals surface area contributed by atoms with Crippen LogP contribution in [0.2, 0.25) is 0 Å². The summed E-state index contributed by atoms with van der Waals surface area (Å²) in [7, 11) is 2.16. The van der Waals surface area contributed by atoms with Gasteiger partial charge in [0.25, 0.3) is 5.91 Å². The molecule has 1 aliphatic rings. The average Bonchev–Trinajstić information content (AvgIpc) is 2.73. The monoisotopic (exact) mass is 438 g/mol. The largest absolute Gasteiger partial charge is 0.444 e. The third kappa shape index (κ3) is 7.66. The van der Waals surface area contributed by atoms with Gasteiger partial charge in [-0.15, -0.1) is 0 Å². The lowest BCUT2D eigenvalue weighted by Crippen LogP contribution is -2.43. The summed E-state index contributed by atoms with van der Waals surface area (Å²) in [5, 5.41) is 5.64. The molecule has 2 amide bonds. The minimum Gasteiger partial charge on any atom is -0.444 e. The molecular weight excluding hydrogens is 404 g/mol. The molecule has 2 aromatic rings. The van der Waals surface area contributed by atoms with Gasteiger partial charge in [0, 0.05) is 50.5 Å². The van der Waals surface area contributed by atoms with Crippen molar-refractivity contribution < 1.29 is 14.3 Å². The van der Waals surface area contributed by atoms with E-state index in [-0.39, 0.29) is 5.91 Å². The molecule has 1 fully saturated rings. The highest BCUT2D eigenvalue weighted by Gasteiger charge is 2.17. The Morgan fingerprint density at radius 3 is 2.38 bits per heavy atom. The third-order valence-corrected chi connectivity index (χ3v) is 5.22. The lowest BCUT2D eigenvalue weighted by atomic mass is 10.1. The summed E-state index contributed by atoms with van der Waals surface area (Å²) >= 11 is 0. The van der Waals surface area contributed by atoms with E-state index in [4.69, 9.17) is 4.74 Å². The Morgan fingerprint density at radius 1 is 0.969 bits per heavy atom. The summed E-state index contributed by atoms with van der Waals surface area (Å²) in [4.78, 5) is 29.4. The quantitative estimate of drug-likeness (QED) is 0.719. The number of nitrogens with one attached hydrogen (secondary N) is 2. The topological polar surface area (TPSA) is 73.9 Å². The molecule has 1 aliphatic heterocycles. The number of carbonyl (C=O) groups is 2. The van der Waals surface area contributed by atoms with Crippen molar-refractivity contribution in [1.29, 1.82) is 0 Å². The van der Waals surface area contributed by atoms with Crippen molar-refractivity contribution >= 4 is 17.7 Å². The molecular formula is C25H34N4O3. The number of likely N-dealkylation sites (N-methyl/N-ethyl adjacent to an activating group) is 1. The predicted octanol–water partition coefficient (Wildman–Crippen LogP) is 3.71. The lowest BCUT2D eigenvalue weighted by molar-refractivity contribution is 0.0635. The Balaban J connectivity index is 1.54. The lowest BCUT2D eigenvalue weighted by Gasteiger charge is -2.32. The molecule has 0 aliphatic carbocycles. The van der Waals surface area contributed by atoms with Gasteiger partial charge in [-0.05, 0) is 57.1 Å². The maximum absolute atomic E-state index is 12.6. The number of nitrogens with zero attached hydrogens (tertiary/aromatic N) is 2. The van der Waals surface area contributed by atoms with Crippen LogP contribution in [0.5, 0.6) is 0 Å². The number of ether oxygens (including phenoxy) is 1. The molecule has 0 saturated carbocycles. The van der Waals surface area contributed by atoms with Crippen LogP contribution in [-0.4, -0.2) is 60.6 Å². The van der Waals surface area contributed by atoms with Crippen LogP contribution in [-0.2, 0) is 17.8 Å². The molecule has 0 bridgehead atoms. The number of hydrogen-bond acceptors (Lipinski definition) is 5. The average molecular weight is 439 g/mol. The Bertz CT molecular complexity index is 931. The standard InChI is InChI=1S/C25H34N4O3/c1-25(2,3)32-24(31)27-22-10-6-9-21(16-22)23(30)26-17-19-7-5-8-20(15-19)18-29-13-11-28(4)12-14-29/h5-10,15-16H,11-14,17-18H2,1-4H3,(H,26,30)(H,27,31). The maximum atomic E-state index is 12.6. The molecule has 0 spiro atoms. The molecule has 3 rings (SSSR count). The first-order chi connectivity index (χ1) is 15.2. The molecule has 2 N–H and O–H groups in total. The van der Waals surface area contributed by atoms with E-state index in [1.807, 2.05) is 12.1 Å². The fourth-order valence-corrected chi connectivity index (χ4v) is 3.55. The van der Waals surface area contributed by atoms with Gasteiger partial charge in [-0.25, -0.2) is 4.79 Å². The van der Waals surface area contributed by atoms with Crippen LogP contribution in [0, 0.1) is 0 Å². The summed E-state index contributed by atoms with van der Waals surface area (Å²) < 4.78 is 5.26. The number of piperazine rings is 1. The first-order valence-electron chi connectivity index (χ1n) is 11.0. The Kier molecular flexibility index (Phi) is 7.88. The Morgan fingerprint density at radius 2 is 1.66 bits per heavy atom. The predicted molar refractivity (Wildman–Crippen MR) is 127 cm³/mol. The number of hydrogen-bond donors (Lipinski definition) is 2. The maximum Gasteiger partial charge on any atom is 0.412 e. The van der Waals surface area contributed by atoms with Crippen molar-refractivity contribution in [2.45, 2.75) is 39.5 Å². The van der Waals surface area contributed by atoms with E-state index in [0.29, 0.717) is 17.8 Å². The van der Waals surface area contributed by atoms with Crippen molar-refractivity contribution in [3.63, 3.8) is 0 Å². The van der Waals surface area contributed by atoms with E-state index >= 15 is 0 Å². The van der Waals surface area contributed by atoms with E-state index in [1.54, 1.807) is 45.0 Å². The molecule has 172 valence electrons. The minimum absolute atomic E-state index is 0.192. The van der Waals surface area contributed by atoms with Crippen LogP contribution in [0.15, 0.2) is 48.5 Å². The number of carbonyl (C=O) groups excluding carboxylic acids is 2. The van der Waals surface area contributed by atoms with Crippen LogP contribution in [0.3, 0.4) is 0 Å². The number of anilines is 1. The first kappa shape index (κ1) is 23.8. The zero-order chi connectivity index (χ0) is 23.1. The van der Waals surface area contributed by atoms with Gasteiger partial charge in [0.2, 0.25) is 0 Å². The second-order valence-corrected chi connectivity index (χ2v) is 9.29. The third-order valence-electron chi connectivity index (χ3n) is 5.22. The zero-order valence-electron chi connectivity index (χ0n) is 19.5. The first-order valence-corrected chi connectivity index (χ1v) is 11.0. The number of amides is 2. The van der Waals surface area contributed by atoms with Gasteiger partial charge in [-0.3, -0.25) is 15.0 Å². The van der Waals surface area contributed by atoms with Crippen molar-refractivity contribution in [2.75, 3.05) is 38.5 Å². The molecule has 32 heavy (non-hydrogen) atoms. The van der Waals surface area contributed by atoms with E-state index < -0.39 is 11.7 Å². The normalized spacial score (nSPS) is 15.2. The molecule has 2 aromatic carbocycles. The van der Waals surface area contributed by atoms with Crippen LogP contribution in [0.4, 0.5) is 10.5 Å². The molecule has 1 saturated heterocycles. The van der Waals surface area contributed by atoms with Gasteiger partial charge in [0.05, 0.1) is 0 Å². The molecule has 7 heteroatoms. The number of rotatable bonds is 6. The summed E-state index contributed by atoms with van der Waals surface area (Å²) in [6.07, 6.45) is -0.549. The van der Waals surface area contributed by atoms with E-state index in [2.05, 4.69) is 39.6 Å². The van der Waals surface area contributed by atoms with E-state index in [9.17, 15) is 9.59 Å². The van der Waals surface area contributed by atoms with E-state index in [1.165, 1.54) is 5.56 Å². The zero-order valence-corrected chi connectivity index (χ0v) is 19.5. The SMILES string of the molecule is CN1CCN(Cc2cccc(CNC(=O)c3cccc(NC(=O)OC(C)(C)C)c3)c2)CC1. The molecule has 1 heterocycles. The number of benzene rings is 2. The van der Waals surface area contributed by atoms with Crippen molar-refractivity contribution in [1.82, 2.24) is 15.1 Å². The van der Waals surface area contributed by atoms with Gasteiger partial charge in [0.15, 0.2) is 0 Å². The summed E-state index contributed by atoms with van der Waals surface area (Å²) in [5.74, 6) is -0.192. The summed E-state index contributed by atoms with van der Waals surface area (Å²) in [6.45, 7) is 11.1. The Labute approximate surface area is 190 Å². The highest BCUT2D eigenvalue weighted by molar-refractivity contribution is 5.96. The molecule has 0 atom stereocenters. The highest BCUT2D eigenvalue weighted by Crippen LogP contribution is 2.15. The molecule has 7 nitrogen and oxygen atoms in total. The van der Waals surface area contributed by atoms with Crippen LogP contribution < -0.4 is 10.6 Å². The van der Waals surface area contributed by atoms with Gasteiger partial charge < -0.3 is 15.0 Å². The smallest absolute Gasteiger partial charge is 0.412 e. The van der Waals surface area contributed by atoms with Gasteiger partial charge in [-0.1, -0.05) is 30.3 Å². The van der Waals surface area contributed by atoms with E-state index in [0.717, 1.165) is 38.3 Å². The van der Waals surface area contributed by atoms with Gasteiger partial charge >= 0.3 is 6.09 Å². The van der Waals surface area contributed by atoms with Crippen molar-refractivity contribution in [3.05, 3.63) is 65.2 Å². The fraction of sp³-hybridized carbons (Fsp3) is 0.440. The van der Waals surface area contributed by atoms with Crippen LogP contribution in [0.1, 0.15) is 42.3 Å². The molecule has 0 radical (unpaired) electrons. The Hall–Kier alpha value is -2.90. The second kappa shape index (κ2) is 10.6. The fourth-order valence-electron chi connectivity index (χ4n) is 3.55. The van der Waals surface area contributed by atoms with Crippen molar-refractivity contribution in [3.8, 4) is 0 Å². The minimum atomic E-state index is -0.585. The second-order valence-electron chi connectivity index (χ2n) is 9.29. The van der Waals surface area contributed by atoms with Crippen LogP contribution >= 0.6 is 0 Å². The molecule has 0 unspecified atom stereocenters. The van der Waals surface area contributed by atoms with Crippen molar-refractivity contribution in [2.24, 2.45) is 0 Å². The summed E-state index contributed by atoms with van der Waals surface area (Å²) in [5.41, 5.74) is 2.73. The highest BCUT2D eigenvalue weighted by atomic mass is 16.6. The molecule has 0 aromatic heterocycles. The van der Waals surface area contributed by atoms with Gasteiger partial charge in [0.1, 0.15) is 5.60 Å². The van der Waals surface area contributed by atoms with Gasteiger partial charge in [-0.2, -0.15) is 0 Å². The van der Waals surface area contributed by atoms with Crippen LogP contribution in [0.25, 0.3) is 0 Å².